The second kappa shape index (κ2) is 8.36. The van der Waals surface area contributed by atoms with E-state index in [1.54, 1.807) is 14.2 Å². The number of halogens is 2. The van der Waals surface area contributed by atoms with Crippen LogP contribution in [-0.4, -0.2) is 19.9 Å². The number of hydrogen-bond acceptors (Lipinski definition) is 4. The number of hydrogen-bond donors (Lipinski definition) is 0. The molecule has 4 rings (SSSR count). The van der Waals surface area contributed by atoms with E-state index in [4.69, 9.17) is 37.8 Å². The van der Waals surface area contributed by atoms with Crippen molar-refractivity contribution < 1.29 is 9.47 Å². The Kier molecular flexibility index (Phi) is 5.65. The van der Waals surface area contributed by atoms with Crippen LogP contribution >= 0.6 is 23.2 Å². The van der Waals surface area contributed by atoms with E-state index in [0.29, 0.717) is 21.5 Å². The van der Waals surface area contributed by atoms with Crippen LogP contribution in [0, 0.1) is 0 Å². The van der Waals surface area contributed by atoms with Crippen molar-refractivity contribution in [2.75, 3.05) is 19.2 Å². The molecule has 0 saturated carbocycles. The maximum Gasteiger partial charge on any atom is 0.161 e. The number of ether oxygens (including phenoxy) is 2. The second-order valence-corrected chi connectivity index (χ2v) is 7.58. The molecular formula is C23H20Cl2N2O2. The smallest absolute Gasteiger partial charge is 0.161 e. The molecule has 0 saturated heterocycles. The molecule has 3 aromatic carbocycles. The predicted octanol–water partition coefficient (Wildman–Crippen LogP) is 6.37. The minimum absolute atomic E-state index is 0.0524. The van der Waals surface area contributed by atoms with E-state index in [9.17, 15) is 0 Å². The predicted molar refractivity (Wildman–Crippen MR) is 119 cm³/mol. The zero-order valence-corrected chi connectivity index (χ0v) is 17.6. The number of nitrogens with zero attached hydrogens (tertiary/aromatic N) is 2. The summed E-state index contributed by atoms with van der Waals surface area (Å²) in [7, 11) is 3.26. The van der Waals surface area contributed by atoms with Crippen molar-refractivity contribution in [3.05, 3.63) is 87.9 Å². The molecule has 3 aromatic rings. The van der Waals surface area contributed by atoms with Crippen LogP contribution in [0.1, 0.15) is 23.6 Å². The van der Waals surface area contributed by atoms with Crippen LogP contribution in [0.3, 0.4) is 0 Å². The number of rotatable bonds is 5. The van der Waals surface area contributed by atoms with Gasteiger partial charge in [-0.1, -0.05) is 35.3 Å². The normalized spacial score (nSPS) is 15.9. The lowest BCUT2D eigenvalue weighted by Crippen LogP contribution is -2.18. The van der Waals surface area contributed by atoms with E-state index >= 15 is 0 Å². The molecule has 1 heterocycles. The molecule has 0 aromatic heterocycles. The second-order valence-electron chi connectivity index (χ2n) is 6.71. The van der Waals surface area contributed by atoms with E-state index in [-0.39, 0.29) is 6.04 Å². The molecule has 6 heteroatoms. The minimum atomic E-state index is 0.0524. The number of benzene rings is 3. The monoisotopic (exact) mass is 426 g/mol. The molecule has 0 aliphatic carbocycles. The topological polar surface area (TPSA) is 34.1 Å². The molecule has 4 nitrogen and oxygen atoms in total. The zero-order valence-electron chi connectivity index (χ0n) is 16.1. The lowest BCUT2D eigenvalue weighted by Gasteiger charge is -2.24. The average molecular weight is 427 g/mol. The fraction of sp³-hybridized carbons (Fsp3) is 0.174. The van der Waals surface area contributed by atoms with E-state index < -0.39 is 0 Å². The van der Waals surface area contributed by atoms with Gasteiger partial charge in [0, 0.05) is 22.0 Å². The first-order valence-electron chi connectivity index (χ1n) is 9.19. The van der Waals surface area contributed by atoms with Crippen molar-refractivity contribution in [1.82, 2.24) is 0 Å². The van der Waals surface area contributed by atoms with Gasteiger partial charge in [0.1, 0.15) is 0 Å². The van der Waals surface area contributed by atoms with Crippen LogP contribution in [0.5, 0.6) is 11.5 Å². The lowest BCUT2D eigenvalue weighted by atomic mass is 9.98. The van der Waals surface area contributed by atoms with Gasteiger partial charge in [0.05, 0.1) is 31.7 Å². The Labute approximate surface area is 180 Å². The first-order chi connectivity index (χ1) is 14.1. The quantitative estimate of drug-likeness (QED) is 0.475. The van der Waals surface area contributed by atoms with Gasteiger partial charge in [-0.2, -0.15) is 5.10 Å². The SMILES string of the molecule is COc1ccc(C2=NN(c3ccc(Cl)cc3)C(c3ccc(Cl)cc3)C2)cc1OC. The van der Waals surface area contributed by atoms with E-state index in [0.717, 1.165) is 28.9 Å². The number of anilines is 1. The van der Waals surface area contributed by atoms with Gasteiger partial charge in [-0.15, -0.1) is 0 Å². The van der Waals surface area contributed by atoms with Crippen LogP contribution in [0.2, 0.25) is 10.0 Å². The third-order valence-electron chi connectivity index (χ3n) is 4.97. The highest BCUT2D eigenvalue weighted by Gasteiger charge is 2.30. The molecule has 0 fully saturated rings. The first-order valence-corrected chi connectivity index (χ1v) is 9.95. The van der Waals surface area contributed by atoms with Gasteiger partial charge in [-0.3, -0.25) is 5.01 Å². The molecule has 1 aliphatic heterocycles. The van der Waals surface area contributed by atoms with Gasteiger partial charge in [0.25, 0.3) is 0 Å². The molecular weight excluding hydrogens is 407 g/mol. The lowest BCUT2D eigenvalue weighted by molar-refractivity contribution is 0.355. The highest BCUT2D eigenvalue weighted by Crippen LogP contribution is 2.38. The van der Waals surface area contributed by atoms with E-state index in [1.165, 1.54) is 0 Å². The summed E-state index contributed by atoms with van der Waals surface area (Å²) in [5, 5.41) is 8.39. The first kappa shape index (κ1) is 19.6. The average Bonchev–Trinajstić information content (AvgIpc) is 3.19. The van der Waals surface area contributed by atoms with Crippen molar-refractivity contribution in [1.29, 1.82) is 0 Å². The molecule has 148 valence electrons. The van der Waals surface area contributed by atoms with Crippen molar-refractivity contribution in [3.63, 3.8) is 0 Å². The summed E-state index contributed by atoms with van der Waals surface area (Å²) in [6.07, 6.45) is 0.750. The van der Waals surface area contributed by atoms with Gasteiger partial charge in [-0.05, 0) is 60.2 Å². The molecule has 0 N–H and O–H groups in total. The Morgan fingerprint density at radius 2 is 1.45 bits per heavy atom. The summed E-state index contributed by atoms with van der Waals surface area (Å²) >= 11 is 12.2. The Morgan fingerprint density at radius 3 is 2.07 bits per heavy atom. The molecule has 0 spiro atoms. The van der Waals surface area contributed by atoms with Gasteiger partial charge in [0.2, 0.25) is 0 Å². The zero-order chi connectivity index (χ0) is 20.4. The molecule has 0 amide bonds. The van der Waals surface area contributed by atoms with Crippen LogP contribution in [0.25, 0.3) is 0 Å². The third-order valence-corrected chi connectivity index (χ3v) is 5.48. The summed E-state index contributed by atoms with van der Waals surface area (Å²) < 4.78 is 10.8. The summed E-state index contributed by atoms with van der Waals surface area (Å²) in [6.45, 7) is 0. The Hall–Kier alpha value is -2.69. The summed E-state index contributed by atoms with van der Waals surface area (Å²) in [4.78, 5) is 0. The summed E-state index contributed by atoms with van der Waals surface area (Å²) in [6, 6.07) is 21.5. The van der Waals surface area contributed by atoms with E-state index in [1.807, 2.05) is 71.7 Å². The van der Waals surface area contributed by atoms with E-state index in [2.05, 4.69) is 0 Å². The summed E-state index contributed by atoms with van der Waals surface area (Å²) in [5.41, 5.74) is 4.09. The van der Waals surface area contributed by atoms with Crippen molar-refractivity contribution in [3.8, 4) is 11.5 Å². The molecule has 29 heavy (non-hydrogen) atoms. The molecule has 1 atom stereocenters. The van der Waals surface area contributed by atoms with Gasteiger partial charge in [0.15, 0.2) is 11.5 Å². The third kappa shape index (κ3) is 4.04. The van der Waals surface area contributed by atoms with Crippen LogP contribution in [-0.2, 0) is 0 Å². The van der Waals surface area contributed by atoms with Crippen LogP contribution in [0.15, 0.2) is 71.8 Å². The molecule has 0 bridgehead atoms. The largest absolute Gasteiger partial charge is 0.493 e. The van der Waals surface area contributed by atoms with Crippen molar-refractivity contribution >= 4 is 34.6 Å². The fourth-order valence-electron chi connectivity index (χ4n) is 3.48. The van der Waals surface area contributed by atoms with Gasteiger partial charge in [-0.25, -0.2) is 0 Å². The number of hydrazone groups is 1. The molecule has 1 aliphatic rings. The highest BCUT2D eigenvalue weighted by molar-refractivity contribution is 6.30. The highest BCUT2D eigenvalue weighted by atomic mass is 35.5. The Morgan fingerprint density at radius 1 is 0.828 bits per heavy atom. The molecule has 0 radical (unpaired) electrons. The molecule has 1 unspecified atom stereocenters. The maximum absolute atomic E-state index is 6.09. The van der Waals surface area contributed by atoms with Gasteiger partial charge < -0.3 is 9.47 Å². The van der Waals surface area contributed by atoms with Crippen LogP contribution in [0.4, 0.5) is 5.69 Å². The van der Waals surface area contributed by atoms with Gasteiger partial charge >= 0.3 is 0 Å². The fourth-order valence-corrected chi connectivity index (χ4v) is 3.73. The summed E-state index contributed by atoms with van der Waals surface area (Å²) in [5.74, 6) is 1.37. The van der Waals surface area contributed by atoms with Crippen LogP contribution < -0.4 is 14.5 Å². The van der Waals surface area contributed by atoms with Crippen molar-refractivity contribution in [2.45, 2.75) is 12.5 Å². The Balaban J connectivity index is 1.74. The minimum Gasteiger partial charge on any atom is -0.493 e. The Bertz CT molecular complexity index is 1030. The number of methoxy groups -OCH3 is 2. The maximum atomic E-state index is 6.09. The van der Waals surface area contributed by atoms with Crippen molar-refractivity contribution in [2.24, 2.45) is 5.10 Å². The standard InChI is InChI=1S/C23H20Cl2N2O2/c1-28-22-12-5-16(13-23(22)29-2)20-14-21(15-3-6-17(24)7-4-15)27(26-20)19-10-8-18(25)9-11-19/h3-13,21H,14H2,1-2H3.